The predicted octanol–water partition coefficient (Wildman–Crippen LogP) is 2.35. The van der Waals surface area contributed by atoms with E-state index < -0.39 is 6.04 Å². The molecule has 1 aliphatic heterocycles. The van der Waals surface area contributed by atoms with E-state index >= 15 is 0 Å². The molecule has 1 atom stereocenters. The number of anilines is 2. The Bertz CT molecular complexity index is 784. The zero-order chi connectivity index (χ0) is 18.0. The maximum absolute atomic E-state index is 12.7. The number of hydrogen-bond acceptors (Lipinski definition) is 3. The average Bonchev–Trinajstić information content (AvgIpc) is 2.99. The molecule has 0 radical (unpaired) electrons. The molecule has 2 aromatic rings. The number of benzene rings is 2. The highest BCUT2D eigenvalue weighted by Crippen LogP contribution is 2.32. The van der Waals surface area contributed by atoms with Crippen molar-refractivity contribution in [3.05, 3.63) is 59.7 Å². The van der Waals surface area contributed by atoms with Crippen LogP contribution in [0.2, 0.25) is 0 Å². The summed E-state index contributed by atoms with van der Waals surface area (Å²) in [7, 11) is 3.98. The molecule has 3 rings (SSSR count). The summed E-state index contributed by atoms with van der Waals surface area (Å²) in [6.07, 6.45) is 0.557. The number of nitrogens with one attached hydrogen (secondary N) is 1. The predicted molar refractivity (Wildman–Crippen MR) is 99.7 cm³/mol. The van der Waals surface area contributed by atoms with Gasteiger partial charge in [-0.1, -0.05) is 30.3 Å². The van der Waals surface area contributed by atoms with Crippen LogP contribution >= 0.6 is 0 Å². The fourth-order valence-corrected chi connectivity index (χ4v) is 3.20. The van der Waals surface area contributed by atoms with Crippen LogP contribution in [0.4, 0.5) is 11.4 Å². The summed E-state index contributed by atoms with van der Waals surface area (Å²) >= 11 is 0. The van der Waals surface area contributed by atoms with E-state index in [0.29, 0.717) is 13.0 Å². The van der Waals surface area contributed by atoms with Crippen LogP contribution in [0.15, 0.2) is 48.5 Å². The summed E-state index contributed by atoms with van der Waals surface area (Å²) in [6.45, 7) is 1.95. The highest BCUT2D eigenvalue weighted by molar-refractivity contribution is 6.02. The number of nitrogens with zero attached hydrogens (tertiary/aromatic N) is 2. The Morgan fingerprint density at radius 3 is 2.44 bits per heavy atom. The molecule has 2 aromatic carbocycles. The molecule has 0 bridgehead atoms. The lowest BCUT2D eigenvalue weighted by Crippen LogP contribution is -2.47. The van der Waals surface area contributed by atoms with Crippen molar-refractivity contribution in [2.45, 2.75) is 25.9 Å². The zero-order valence-electron chi connectivity index (χ0n) is 14.8. The van der Waals surface area contributed by atoms with Crippen LogP contribution in [0, 0.1) is 0 Å². The molecule has 1 aliphatic rings. The van der Waals surface area contributed by atoms with Gasteiger partial charge in [-0.15, -0.1) is 0 Å². The first-order valence-corrected chi connectivity index (χ1v) is 8.39. The van der Waals surface area contributed by atoms with Crippen molar-refractivity contribution >= 4 is 23.2 Å². The summed E-state index contributed by atoms with van der Waals surface area (Å²) in [5.41, 5.74) is 4.02. The van der Waals surface area contributed by atoms with Crippen LogP contribution in [-0.2, 0) is 22.6 Å². The lowest BCUT2D eigenvalue weighted by atomic mass is 10.1. The van der Waals surface area contributed by atoms with Gasteiger partial charge >= 0.3 is 0 Å². The normalized spacial score (nSPS) is 15.6. The maximum atomic E-state index is 12.7. The summed E-state index contributed by atoms with van der Waals surface area (Å²) in [5.74, 6) is -0.233. The SMILES string of the molecule is CC(=O)N1c2ccccc2C[C@@H]1C(=O)NCc1ccc(N(C)C)cc1. The first kappa shape index (κ1) is 17.0. The third kappa shape index (κ3) is 3.50. The van der Waals surface area contributed by atoms with E-state index in [1.165, 1.54) is 6.92 Å². The van der Waals surface area contributed by atoms with Crippen molar-refractivity contribution in [3.8, 4) is 0 Å². The van der Waals surface area contributed by atoms with E-state index in [4.69, 9.17) is 0 Å². The largest absolute Gasteiger partial charge is 0.378 e. The summed E-state index contributed by atoms with van der Waals surface area (Å²) in [5, 5.41) is 2.96. The van der Waals surface area contributed by atoms with Gasteiger partial charge in [0, 0.05) is 45.4 Å². The van der Waals surface area contributed by atoms with E-state index in [0.717, 1.165) is 22.5 Å². The highest BCUT2D eigenvalue weighted by atomic mass is 16.2. The van der Waals surface area contributed by atoms with E-state index in [9.17, 15) is 9.59 Å². The Balaban J connectivity index is 1.68. The molecule has 0 saturated carbocycles. The Morgan fingerprint density at radius 1 is 1.12 bits per heavy atom. The molecule has 5 heteroatoms. The molecular formula is C20H23N3O2. The Hall–Kier alpha value is -2.82. The summed E-state index contributed by atoms with van der Waals surface area (Å²) in [6, 6.07) is 15.3. The van der Waals surface area contributed by atoms with Gasteiger partial charge in [-0.05, 0) is 29.3 Å². The van der Waals surface area contributed by atoms with Crippen LogP contribution < -0.4 is 15.1 Å². The third-order valence-corrected chi connectivity index (χ3v) is 4.54. The molecule has 0 saturated heterocycles. The number of amides is 2. The quantitative estimate of drug-likeness (QED) is 0.932. The molecule has 0 aliphatic carbocycles. The van der Waals surface area contributed by atoms with Crippen molar-refractivity contribution in [3.63, 3.8) is 0 Å². The Kier molecular flexibility index (Phi) is 4.74. The molecule has 1 heterocycles. The van der Waals surface area contributed by atoms with E-state index in [1.54, 1.807) is 4.90 Å². The van der Waals surface area contributed by atoms with E-state index in [-0.39, 0.29) is 11.8 Å². The minimum atomic E-state index is -0.476. The second kappa shape index (κ2) is 6.97. The van der Waals surface area contributed by atoms with Gasteiger partial charge in [0.05, 0.1) is 0 Å². The first-order chi connectivity index (χ1) is 12.0. The van der Waals surface area contributed by atoms with Crippen LogP contribution in [0.5, 0.6) is 0 Å². The number of carbonyl (C=O) groups is 2. The molecular weight excluding hydrogens is 314 g/mol. The first-order valence-electron chi connectivity index (χ1n) is 8.39. The average molecular weight is 337 g/mol. The van der Waals surface area contributed by atoms with Gasteiger partial charge in [0.2, 0.25) is 11.8 Å². The van der Waals surface area contributed by atoms with Gasteiger partial charge in [-0.25, -0.2) is 0 Å². The molecule has 0 spiro atoms. The molecule has 2 amide bonds. The van der Waals surface area contributed by atoms with Gasteiger partial charge in [0.25, 0.3) is 0 Å². The van der Waals surface area contributed by atoms with Gasteiger partial charge in [-0.2, -0.15) is 0 Å². The topological polar surface area (TPSA) is 52.7 Å². The van der Waals surface area contributed by atoms with Crippen molar-refractivity contribution in [1.29, 1.82) is 0 Å². The fraction of sp³-hybridized carbons (Fsp3) is 0.300. The third-order valence-electron chi connectivity index (χ3n) is 4.54. The van der Waals surface area contributed by atoms with Gasteiger partial charge < -0.3 is 10.2 Å². The summed E-state index contributed by atoms with van der Waals surface area (Å²) < 4.78 is 0. The highest BCUT2D eigenvalue weighted by Gasteiger charge is 2.36. The van der Waals surface area contributed by atoms with Crippen LogP contribution in [-0.4, -0.2) is 32.0 Å². The Morgan fingerprint density at radius 2 is 1.80 bits per heavy atom. The van der Waals surface area contributed by atoms with E-state index in [1.807, 2.05) is 67.5 Å². The van der Waals surface area contributed by atoms with Crippen LogP contribution in [0.3, 0.4) is 0 Å². The number of rotatable bonds is 4. The van der Waals surface area contributed by atoms with Crippen molar-refractivity contribution in [1.82, 2.24) is 5.32 Å². The molecule has 5 nitrogen and oxygen atoms in total. The van der Waals surface area contributed by atoms with E-state index in [2.05, 4.69) is 5.32 Å². The van der Waals surface area contributed by atoms with Gasteiger partial charge in [0.15, 0.2) is 0 Å². The monoisotopic (exact) mass is 337 g/mol. The number of hydrogen-bond donors (Lipinski definition) is 1. The number of para-hydroxylation sites is 1. The van der Waals surface area contributed by atoms with Crippen molar-refractivity contribution in [2.75, 3.05) is 23.9 Å². The minimum absolute atomic E-state index is 0.111. The lowest BCUT2D eigenvalue weighted by Gasteiger charge is -2.23. The van der Waals surface area contributed by atoms with Gasteiger partial charge in [0.1, 0.15) is 6.04 Å². The molecule has 0 aromatic heterocycles. The lowest BCUT2D eigenvalue weighted by molar-refractivity contribution is -0.125. The maximum Gasteiger partial charge on any atom is 0.243 e. The summed E-state index contributed by atoms with van der Waals surface area (Å²) in [4.78, 5) is 28.3. The smallest absolute Gasteiger partial charge is 0.243 e. The van der Waals surface area contributed by atoms with Crippen molar-refractivity contribution < 1.29 is 9.59 Å². The van der Waals surface area contributed by atoms with Gasteiger partial charge in [-0.3, -0.25) is 14.5 Å². The molecule has 25 heavy (non-hydrogen) atoms. The Labute approximate surface area is 148 Å². The standard InChI is InChI=1S/C20H23N3O2/c1-14(24)23-18-7-5-4-6-16(18)12-19(23)20(25)21-13-15-8-10-17(11-9-15)22(2)3/h4-11,19H,12-13H2,1-3H3,(H,21,25)/t19-/m1/s1. The minimum Gasteiger partial charge on any atom is -0.378 e. The number of carbonyl (C=O) groups excluding carboxylic acids is 2. The van der Waals surface area contributed by atoms with Crippen LogP contribution in [0.1, 0.15) is 18.1 Å². The molecule has 1 N–H and O–H groups in total. The molecule has 0 unspecified atom stereocenters. The number of fused-ring (bicyclic) bond motifs is 1. The fourth-order valence-electron chi connectivity index (χ4n) is 3.20. The second-order valence-electron chi connectivity index (χ2n) is 6.52. The molecule has 130 valence electrons. The zero-order valence-corrected chi connectivity index (χ0v) is 14.8. The van der Waals surface area contributed by atoms with Crippen molar-refractivity contribution in [2.24, 2.45) is 0 Å². The second-order valence-corrected chi connectivity index (χ2v) is 6.52. The van der Waals surface area contributed by atoms with Crippen LogP contribution in [0.25, 0.3) is 0 Å². The molecule has 0 fully saturated rings.